The lowest BCUT2D eigenvalue weighted by atomic mass is 10.2. The summed E-state index contributed by atoms with van der Waals surface area (Å²) < 4.78 is 13.3. The Hall–Kier alpha value is -2.94. The van der Waals surface area contributed by atoms with Crippen LogP contribution in [0, 0.1) is 10.1 Å². The molecule has 0 atom stereocenters. The Balaban J connectivity index is 1.74. The minimum atomic E-state index is -0.515. The van der Waals surface area contributed by atoms with E-state index in [9.17, 15) is 14.9 Å². The van der Waals surface area contributed by atoms with E-state index in [4.69, 9.17) is 9.47 Å². The van der Waals surface area contributed by atoms with Crippen molar-refractivity contribution in [2.45, 2.75) is 6.54 Å². The van der Waals surface area contributed by atoms with Gasteiger partial charge in [0.15, 0.2) is 11.5 Å². The van der Waals surface area contributed by atoms with Crippen molar-refractivity contribution >= 4 is 32.5 Å². The number of rotatable bonds is 3. The first-order valence-corrected chi connectivity index (χ1v) is 8.54. The van der Waals surface area contributed by atoms with Crippen molar-refractivity contribution < 1.29 is 14.4 Å². The van der Waals surface area contributed by atoms with Crippen LogP contribution in [0.25, 0.3) is 10.9 Å². The third kappa shape index (κ3) is 2.90. The second kappa shape index (κ2) is 6.41. The number of non-ortho nitro benzene ring substituents is 1. The van der Waals surface area contributed by atoms with Crippen molar-refractivity contribution in [3.05, 3.63) is 67.2 Å². The molecule has 132 valence electrons. The van der Waals surface area contributed by atoms with Crippen molar-refractivity contribution in [1.29, 1.82) is 0 Å². The van der Waals surface area contributed by atoms with Gasteiger partial charge in [0.1, 0.15) is 13.2 Å². The highest BCUT2D eigenvalue weighted by Gasteiger charge is 2.16. The van der Waals surface area contributed by atoms with Crippen LogP contribution in [0.3, 0.4) is 0 Å². The molecule has 0 spiro atoms. The number of nitro benzene ring substituents is 1. The van der Waals surface area contributed by atoms with Gasteiger partial charge in [0.05, 0.1) is 28.7 Å². The molecule has 2 aromatic carbocycles. The first-order valence-electron chi connectivity index (χ1n) is 7.74. The summed E-state index contributed by atoms with van der Waals surface area (Å²) in [5.74, 6) is 1.29. The molecule has 3 aromatic rings. The van der Waals surface area contributed by atoms with E-state index in [1.807, 2.05) is 12.1 Å². The van der Waals surface area contributed by atoms with E-state index in [-0.39, 0.29) is 17.8 Å². The summed E-state index contributed by atoms with van der Waals surface area (Å²) in [5, 5.41) is 11.2. The zero-order valence-electron chi connectivity index (χ0n) is 13.3. The molecule has 1 aliphatic heterocycles. The van der Waals surface area contributed by atoms with Gasteiger partial charge in [-0.2, -0.15) is 0 Å². The summed E-state index contributed by atoms with van der Waals surface area (Å²) in [6.45, 7) is 1.25. The second-order valence-corrected chi connectivity index (χ2v) is 6.58. The molecule has 0 fully saturated rings. The third-order valence-corrected chi connectivity index (χ3v) is 4.81. The lowest BCUT2D eigenvalue weighted by Gasteiger charge is -2.20. The number of nitro groups is 1. The van der Waals surface area contributed by atoms with E-state index < -0.39 is 4.92 Å². The maximum absolute atomic E-state index is 12.7. The molecule has 0 bridgehead atoms. The number of benzene rings is 2. The van der Waals surface area contributed by atoms with Gasteiger partial charge >= 0.3 is 0 Å². The quantitative estimate of drug-likeness (QED) is 0.480. The molecule has 0 aliphatic carbocycles. The average Bonchev–Trinajstić information content (AvgIpc) is 2.64. The van der Waals surface area contributed by atoms with E-state index >= 15 is 0 Å². The Labute approximate surface area is 155 Å². The number of fused-ring (bicyclic) bond motifs is 2. The first-order chi connectivity index (χ1) is 12.5. The maximum Gasteiger partial charge on any atom is 0.271 e. The number of hydrogen-bond donors (Lipinski definition) is 0. The largest absolute Gasteiger partial charge is 0.486 e. The highest BCUT2D eigenvalue weighted by molar-refractivity contribution is 9.10. The molecule has 8 nitrogen and oxygen atoms in total. The monoisotopic (exact) mass is 417 g/mol. The van der Waals surface area contributed by atoms with Gasteiger partial charge in [0.25, 0.3) is 11.2 Å². The van der Waals surface area contributed by atoms with Crippen molar-refractivity contribution in [2.75, 3.05) is 13.2 Å². The van der Waals surface area contributed by atoms with E-state index in [2.05, 4.69) is 20.9 Å². The van der Waals surface area contributed by atoms with E-state index in [0.717, 1.165) is 10.0 Å². The number of aromatic nitrogens is 2. The van der Waals surface area contributed by atoms with Gasteiger partial charge in [-0.1, -0.05) is 15.9 Å². The summed E-state index contributed by atoms with van der Waals surface area (Å²) in [7, 11) is 0. The van der Waals surface area contributed by atoms with Crippen molar-refractivity contribution in [2.24, 2.45) is 0 Å². The van der Waals surface area contributed by atoms with Gasteiger partial charge < -0.3 is 9.47 Å². The van der Waals surface area contributed by atoms with Crippen LogP contribution >= 0.6 is 15.9 Å². The van der Waals surface area contributed by atoms with Gasteiger partial charge in [-0.25, -0.2) is 4.98 Å². The van der Waals surface area contributed by atoms with Crippen LogP contribution in [0.4, 0.5) is 5.69 Å². The van der Waals surface area contributed by atoms with Crippen molar-refractivity contribution in [3.8, 4) is 11.5 Å². The molecule has 0 N–H and O–H groups in total. The smallest absolute Gasteiger partial charge is 0.271 e. The predicted molar refractivity (Wildman–Crippen MR) is 96.9 cm³/mol. The number of ether oxygens (including phenoxy) is 2. The van der Waals surface area contributed by atoms with Gasteiger partial charge in [0, 0.05) is 16.6 Å². The Morgan fingerprint density at radius 3 is 2.65 bits per heavy atom. The zero-order chi connectivity index (χ0) is 18.3. The highest BCUT2D eigenvalue weighted by atomic mass is 79.9. The summed E-state index contributed by atoms with van der Waals surface area (Å²) >= 11 is 3.49. The van der Waals surface area contributed by atoms with E-state index in [0.29, 0.717) is 35.6 Å². The fraction of sp³-hybridized carbons (Fsp3) is 0.176. The molecule has 0 saturated heterocycles. The summed E-state index contributed by atoms with van der Waals surface area (Å²) in [5.41, 5.74) is 0.754. The van der Waals surface area contributed by atoms with Crippen LogP contribution in [0.15, 0.2) is 45.9 Å². The molecule has 1 aromatic heterocycles. The molecular formula is C17H12BrN3O5. The normalized spacial score (nSPS) is 13.0. The molecule has 0 saturated carbocycles. The average molecular weight is 418 g/mol. The number of nitrogens with zero attached hydrogens (tertiary/aromatic N) is 3. The van der Waals surface area contributed by atoms with Crippen LogP contribution in [0.1, 0.15) is 5.56 Å². The number of hydrogen-bond acceptors (Lipinski definition) is 6. The van der Waals surface area contributed by atoms with Crippen LogP contribution < -0.4 is 15.0 Å². The number of halogens is 1. The molecule has 0 unspecified atom stereocenters. The fourth-order valence-electron chi connectivity index (χ4n) is 2.78. The van der Waals surface area contributed by atoms with E-state index in [1.54, 1.807) is 0 Å². The maximum atomic E-state index is 12.7. The zero-order valence-corrected chi connectivity index (χ0v) is 14.9. The second-order valence-electron chi connectivity index (χ2n) is 5.72. The van der Waals surface area contributed by atoms with Crippen LogP contribution in [-0.2, 0) is 6.54 Å². The minimum Gasteiger partial charge on any atom is -0.486 e. The van der Waals surface area contributed by atoms with Crippen molar-refractivity contribution in [3.63, 3.8) is 0 Å². The molecule has 0 amide bonds. The Bertz CT molecular complexity index is 1100. The third-order valence-electron chi connectivity index (χ3n) is 4.07. The topological polar surface area (TPSA) is 96.5 Å². The summed E-state index contributed by atoms with van der Waals surface area (Å²) in [6.07, 6.45) is 1.39. The molecule has 1 aliphatic rings. The molecule has 9 heteroatoms. The fourth-order valence-corrected chi connectivity index (χ4v) is 3.23. The summed E-state index contributed by atoms with van der Waals surface area (Å²) in [4.78, 5) is 27.2. The Kier molecular flexibility index (Phi) is 4.08. The standard InChI is InChI=1S/C17H12BrN3O5/c18-13-7-16-15(25-3-4-26-16)5-10(13)8-20-9-19-14-6-11(21(23)24)1-2-12(14)17(20)22/h1-2,5-7,9H,3-4,8H2. The van der Waals surface area contributed by atoms with Crippen LogP contribution in [0.5, 0.6) is 11.5 Å². The molecule has 26 heavy (non-hydrogen) atoms. The van der Waals surface area contributed by atoms with Gasteiger partial charge in [-0.3, -0.25) is 19.5 Å². The molecule has 4 rings (SSSR count). The Morgan fingerprint density at radius 2 is 1.92 bits per heavy atom. The molecule has 0 radical (unpaired) electrons. The predicted octanol–water partition coefficient (Wildman–Crippen LogP) is 2.89. The molecular weight excluding hydrogens is 406 g/mol. The van der Waals surface area contributed by atoms with Crippen LogP contribution in [0.2, 0.25) is 0 Å². The minimum absolute atomic E-state index is 0.100. The van der Waals surface area contributed by atoms with Crippen molar-refractivity contribution in [1.82, 2.24) is 9.55 Å². The van der Waals surface area contributed by atoms with Gasteiger partial charge in [-0.05, 0) is 23.8 Å². The Morgan fingerprint density at radius 1 is 1.19 bits per heavy atom. The lowest BCUT2D eigenvalue weighted by molar-refractivity contribution is -0.384. The SMILES string of the molecule is O=c1c2ccc([N+](=O)[O-])cc2ncn1Cc1cc2c(cc1Br)OCCO2. The van der Waals surface area contributed by atoms with Gasteiger partial charge in [0.2, 0.25) is 0 Å². The lowest BCUT2D eigenvalue weighted by Crippen LogP contribution is -2.22. The van der Waals surface area contributed by atoms with Crippen LogP contribution in [-0.4, -0.2) is 27.7 Å². The highest BCUT2D eigenvalue weighted by Crippen LogP contribution is 2.35. The molecule has 2 heterocycles. The van der Waals surface area contributed by atoms with Gasteiger partial charge in [-0.15, -0.1) is 0 Å². The summed E-state index contributed by atoms with van der Waals surface area (Å²) in [6, 6.07) is 7.66. The van der Waals surface area contributed by atoms with E-state index in [1.165, 1.54) is 29.1 Å². The first kappa shape index (κ1) is 16.5.